The number of rotatable bonds is 5. The minimum Gasteiger partial charge on any atom is -0.493 e. The Morgan fingerprint density at radius 2 is 1.60 bits per heavy atom. The van der Waals surface area contributed by atoms with Gasteiger partial charge in [0.25, 0.3) is 5.91 Å². The molecule has 1 aliphatic heterocycles. The highest BCUT2D eigenvalue weighted by Gasteiger charge is 2.23. The number of halogens is 1. The van der Waals surface area contributed by atoms with Crippen molar-refractivity contribution >= 4 is 29.5 Å². The smallest absolute Gasteiger partial charge is 0.253 e. The summed E-state index contributed by atoms with van der Waals surface area (Å²) in [6.07, 6.45) is 3.20. The molecule has 30 heavy (non-hydrogen) atoms. The molecule has 1 heterocycles. The number of hydrogen-bond donors (Lipinski definition) is 0. The van der Waals surface area contributed by atoms with E-state index in [0.29, 0.717) is 48.3 Å². The fourth-order valence-corrected chi connectivity index (χ4v) is 3.61. The topological polar surface area (TPSA) is 59.1 Å². The van der Waals surface area contributed by atoms with Crippen molar-refractivity contribution in [3.05, 3.63) is 64.2 Å². The molecular weight excluding hydrogens is 404 g/mol. The van der Waals surface area contributed by atoms with E-state index in [-0.39, 0.29) is 11.8 Å². The molecule has 0 radical (unpaired) electrons. The lowest BCUT2D eigenvalue weighted by molar-refractivity contribution is -0.127. The number of piperazine rings is 1. The first-order valence-corrected chi connectivity index (χ1v) is 10.0. The van der Waals surface area contributed by atoms with Gasteiger partial charge in [0.15, 0.2) is 11.5 Å². The van der Waals surface area contributed by atoms with Gasteiger partial charge in [0.05, 0.1) is 19.2 Å². The molecule has 1 aliphatic rings. The molecule has 158 valence electrons. The number of carbonyl (C=O) groups is 2. The summed E-state index contributed by atoms with van der Waals surface area (Å²) >= 11 is 6.21. The zero-order valence-corrected chi connectivity index (χ0v) is 18.1. The van der Waals surface area contributed by atoms with Gasteiger partial charge in [-0.3, -0.25) is 9.59 Å². The Hall–Kier alpha value is -2.99. The van der Waals surface area contributed by atoms with E-state index >= 15 is 0 Å². The largest absolute Gasteiger partial charge is 0.493 e. The molecule has 2 aromatic carbocycles. The van der Waals surface area contributed by atoms with Gasteiger partial charge in [-0.05, 0) is 42.8 Å². The standard InChI is InChI=1S/C23H25ClN2O4/c1-16-4-7-18(8-5-16)23(28)26-12-10-25(11-13-26)21(27)9-6-17-14-19(24)22(30-3)20(15-17)29-2/h4-9,14-15H,10-13H2,1-3H3/b9-6+. The molecule has 0 spiro atoms. The third-order valence-electron chi connectivity index (χ3n) is 5.05. The van der Waals surface area contributed by atoms with E-state index in [1.54, 1.807) is 28.0 Å². The van der Waals surface area contributed by atoms with Crippen LogP contribution in [0.25, 0.3) is 6.08 Å². The van der Waals surface area contributed by atoms with Crippen molar-refractivity contribution < 1.29 is 19.1 Å². The van der Waals surface area contributed by atoms with E-state index in [1.165, 1.54) is 20.3 Å². The summed E-state index contributed by atoms with van der Waals surface area (Å²) in [5.74, 6) is 0.846. The highest BCUT2D eigenvalue weighted by atomic mass is 35.5. The molecule has 0 aliphatic carbocycles. The van der Waals surface area contributed by atoms with Gasteiger partial charge in [-0.2, -0.15) is 0 Å². The van der Waals surface area contributed by atoms with E-state index in [1.807, 2.05) is 31.2 Å². The van der Waals surface area contributed by atoms with Crippen LogP contribution in [0.2, 0.25) is 5.02 Å². The van der Waals surface area contributed by atoms with Crippen LogP contribution >= 0.6 is 11.6 Å². The molecule has 0 aromatic heterocycles. The Bertz CT molecular complexity index is 948. The Morgan fingerprint density at radius 1 is 0.967 bits per heavy atom. The van der Waals surface area contributed by atoms with Crippen LogP contribution in [0.4, 0.5) is 0 Å². The summed E-state index contributed by atoms with van der Waals surface area (Å²) < 4.78 is 10.5. The predicted octanol–water partition coefficient (Wildman–Crippen LogP) is 3.66. The second-order valence-corrected chi connectivity index (χ2v) is 7.46. The van der Waals surface area contributed by atoms with Gasteiger partial charge in [0, 0.05) is 37.8 Å². The van der Waals surface area contributed by atoms with Crippen LogP contribution in [-0.4, -0.2) is 62.0 Å². The van der Waals surface area contributed by atoms with Gasteiger partial charge in [0.2, 0.25) is 5.91 Å². The van der Waals surface area contributed by atoms with Crippen molar-refractivity contribution in [2.45, 2.75) is 6.92 Å². The Kier molecular flexibility index (Phi) is 7.00. The Balaban J connectivity index is 1.59. The number of hydrogen-bond acceptors (Lipinski definition) is 4. The fraction of sp³-hybridized carbons (Fsp3) is 0.304. The zero-order valence-electron chi connectivity index (χ0n) is 17.4. The molecule has 1 fully saturated rings. The lowest BCUT2D eigenvalue weighted by Crippen LogP contribution is -2.50. The summed E-state index contributed by atoms with van der Waals surface area (Å²) in [6, 6.07) is 11.0. The van der Waals surface area contributed by atoms with E-state index in [2.05, 4.69) is 0 Å². The monoisotopic (exact) mass is 428 g/mol. The second-order valence-electron chi connectivity index (χ2n) is 7.06. The number of aryl methyl sites for hydroxylation is 1. The number of nitrogens with zero attached hydrogens (tertiary/aromatic N) is 2. The quantitative estimate of drug-likeness (QED) is 0.682. The minimum atomic E-state index is -0.108. The van der Waals surface area contributed by atoms with Gasteiger partial charge < -0.3 is 19.3 Å². The summed E-state index contributed by atoms with van der Waals surface area (Å²) in [5.41, 5.74) is 2.52. The number of methoxy groups -OCH3 is 2. The zero-order chi connectivity index (χ0) is 21.7. The molecule has 3 rings (SSSR count). The molecule has 0 N–H and O–H groups in total. The van der Waals surface area contributed by atoms with Crippen LogP contribution in [0.5, 0.6) is 11.5 Å². The third-order valence-corrected chi connectivity index (χ3v) is 5.33. The summed E-state index contributed by atoms with van der Waals surface area (Å²) in [7, 11) is 3.05. The van der Waals surface area contributed by atoms with Crippen molar-refractivity contribution in [1.82, 2.24) is 9.80 Å². The highest BCUT2D eigenvalue weighted by Crippen LogP contribution is 2.36. The molecule has 1 saturated heterocycles. The number of benzene rings is 2. The van der Waals surface area contributed by atoms with Crippen LogP contribution < -0.4 is 9.47 Å². The average Bonchev–Trinajstić information content (AvgIpc) is 2.77. The highest BCUT2D eigenvalue weighted by molar-refractivity contribution is 6.32. The van der Waals surface area contributed by atoms with E-state index in [0.717, 1.165) is 11.1 Å². The first-order chi connectivity index (χ1) is 14.4. The molecule has 7 heteroatoms. The third kappa shape index (κ3) is 4.94. The summed E-state index contributed by atoms with van der Waals surface area (Å²) in [5, 5.41) is 0.409. The fourth-order valence-electron chi connectivity index (χ4n) is 3.32. The van der Waals surface area contributed by atoms with Gasteiger partial charge in [-0.25, -0.2) is 0 Å². The van der Waals surface area contributed by atoms with Crippen molar-refractivity contribution in [3.8, 4) is 11.5 Å². The maximum absolute atomic E-state index is 12.6. The Labute approximate surface area is 181 Å². The normalized spacial score (nSPS) is 14.1. The number of ether oxygens (including phenoxy) is 2. The maximum atomic E-state index is 12.6. The van der Waals surface area contributed by atoms with Crippen LogP contribution in [0.3, 0.4) is 0 Å². The molecule has 2 aromatic rings. The van der Waals surface area contributed by atoms with Gasteiger partial charge in [0.1, 0.15) is 0 Å². The second kappa shape index (κ2) is 9.67. The van der Waals surface area contributed by atoms with Crippen molar-refractivity contribution in [2.24, 2.45) is 0 Å². The van der Waals surface area contributed by atoms with Gasteiger partial charge in [-0.1, -0.05) is 29.3 Å². The first kappa shape index (κ1) is 21.7. The van der Waals surface area contributed by atoms with Crippen LogP contribution in [0.1, 0.15) is 21.5 Å². The predicted molar refractivity (Wildman–Crippen MR) is 117 cm³/mol. The molecule has 0 bridgehead atoms. The SMILES string of the molecule is COc1cc(/C=C/C(=O)N2CCN(C(=O)c3ccc(C)cc3)CC2)cc(Cl)c1OC. The number of carbonyl (C=O) groups excluding carboxylic acids is 2. The first-order valence-electron chi connectivity index (χ1n) is 9.67. The van der Waals surface area contributed by atoms with Gasteiger partial charge >= 0.3 is 0 Å². The number of amides is 2. The Morgan fingerprint density at radius 3 is 2.20 bits per heavy atom. The minimum absolute atomic E-state index is 0.00221. The summed E-state index contributed by atoms with van der Waals surface area (Å²) in [6.45, 7) is 3.99. The lowest BCUT2D eigenvalue weighted by Gasteiger charge is -2.34. The van der Waals surface area contributed by atoms with Crippen LogP contribution in [0, 0.1) is 6.92 Å². The van der Waals surface area contributed by atoms with Crippen molar-refractivity contribution in [2.75, 3.05) is 40.4 Å². The van der Waals surface area contributed by atoms with Crippen molar-refractivity contribution in [1.29, 1.82) is 0 Å². The van der Waals surface area contributed by atoms with Crippen LogP contribution in [-0.2, 0) is 4.79 Å². The van der Waals surface area contributed by atoms with Gasteiger partial charge in [-0.15, -0.1) is 0 Å². The molecule has 0 saturated carbocycles. The molecule has 6 nitrogen and oxygen atoms in total. The lowest BCUT2D eigenvalue weighted by atomic mass is 10.1. The van der Waals surface area contributed by atoms with Crippen LogP contribution in [0.15, 0.2) is 42.5 Å². The molecule has 2 amide bonds. The van der Waals surface area contributed by atoms with Crippen molar-refractivity contribution in [3.63, 3.8) is 0 Å². The average molecular weight is 429 g/mol. The van der Waals surface area contributed by atoms with E-state index < -0.39 is 0 Å². The maximum Gasteiger partial charge on any atom is 0.253 e. The molecular formula is C23H25ClN2O4. The van der Waals surface area contributed by atoms with E-state index in [4.69, 9.17) is 21.1 Å². The summed E-state index contributed by atoms with van der Waals surface area (Å²) in [4.78, 5) is 28.7. The molecule has 0 atom stereocenters. The van der Waals surface area contributed by atoms with E-state index in [9.17, 15) is 9.59 Å². The molecule has 0 unspecified atom stereocenters.